The molecule has 1 amide bonds. The minimum Gasteiger partial charge on any atom is -0.385 e. The molecule has 0 aliphatic carbocycles. The smallest absolute Gasteiger partial charge is 0.275 e. The molecule has 10 heteroatoms. The molecule has 3 rings (SSSR count). The van der Waals surface area contributed by atoms with Gasteiger partial charge in [0, 0.05) is 25.7 Å². The number of halogens is 3. The van der Waals surface area contributed by atoms with Crippen molar-refractivity contribution in [3.8, 4) is 5.69 Å². The first kappa shape index (κ1) is 21.9. The summed E-state index contributed by atoms with van der Waals surface area (Å²) in [5.41, 5.74) is 7.86. The summed E-state index contributed by atoms with van der Waals surface area (Å²) in [5.74, 6) is 0.0352. The highest BCUT2D eigenvalue weighted by Gasteiger charge is 2.14. The molecule has 2 aromatic carbocycles. The Morgan fingerprint density at radius 1 is 1.24 bits per heavy atom. The fourth-order valence-electron chi connectivity index (χ4n) is 2.59. The van der Waals surface area contributed by atoms with Gasteiger partial charge in [-0.3, -0.25) is 14.2 Å². The Morgan fingerprint density at radius 2 is 1.93 bits per heavy atom. The van der Waals surface area contributed by atoms with Crippen molar-refractivity contribution < 1.29 is 4.79 Å². The summed E-state index contributed by atoms with van der Waals surface area (Å²) in [6.07, 6.45) is 0. The molecule has 0 radical (unpaired) electrons. The standard InChI is InChI=1S/C19H15Br2ClN4O2S/c1-10-6-11(20)7-14(21)18(10)24-17(28)9-29-19-25-16(27)8-15(23)26(19)13-4-2-12(22)3-5-13/h2-8H,9,23H2,1H3,(H,24,28). The van der Waals surface area contributed by atoms with Crippen molar-refractivity contribution in [2.75, 3.05) is 16.8 Å². The Bertz CT molecular complexity index is 1110. The molecule has 1 heterocycles. The number of carbonyl (C=O) groups is 1. The number of nitrogen functional groups attached to an aromatic ring is 1. The van der Waals surface area contributed by atoms with Gasteiger partial charge in [0.15, 0.2) is 5.16 Å². The normalized spacial score (nSPS) is 10.8. The lowest BCUT2D eigenvalue weighted by Crippen LogP contribution is -2.19. The highest BCUT2D eigenvalue weighted by Crippen LogP contribution is 2.31. The van der Waals surface area contributed by atoms with Crippen LogP contribution in [0.1, 0.15) is 5.56 Å². The molecule has 0 atom stereocenters. The van der Waals surface area contributed by atoms with Crippen LogP contribution in [0, 0.1) is 6.92 Å². The van der Waals surface area contributed by atoms with E-state index in [1.807, 2.05) is 19.1 Å². The summed E-state index contributed by atoms with van der Waals surface area (Å²) in [4.78, 5) is 28.4. The Morgan fingerprint density at radius 3 is 2.59 bits per heavy atom. The molecular formula is C19H15Br2ClN4O2S. The van der Waals surface area contributed by atoms with E-state index in [1.54, 1.807) is 28.8 Å². The average Bonchev–Trinajstić information content (AvgIpc) is 2.63. The largest absolute Gasteiger partial charge is 0.385 e. The number of aryl methyl sites for hydroxylation is 1. The first-order valence-electron chi connectivity index (χ1n) is 8.28. The minimum absolute atomic E-state index is 0.0471. The van der Waals surface area contributed by atoms with Gasteiger partial charge in [-0.1, -0.05) is 39.3 Å². The SMILES string of the molecule is Cc1cc(Br)cc(Br)c1NC(=O)CSc1nc(=O)cc(N)n1-c1ccc(Cl)cc1. The first-order valence-corrected chi connectivity index (χ1v) is 11.2. The van der Waals surface area contributed by atoms with Gasteiger partial charge in [-0.05, 0) is 64.8 Å². The van der Waals surface area contributed by atoms with Gasteiger partial charge in [-0.2, -0.15) is 4.98 Å². The number of aromatic nitrogens is 2. The van der Waals surface area contributed by atoms with Gasteiger partial charge < -0.3 is 11.1 Å². The second kappa shape index (κ2) is 9.34. The molecule has 0 spiro atoms. The van der Waals surface area contributed by atoms with E-state index in [0.717, 1.165) is 26.3 Å². The number of nitrogens with two attached hydrogens (primary N) is 1. The van der Waals surface area contributed by atoms with Crippen molar-refractivity contribution in [2.45, 2.75) is 12.1 Å². The van der Waals surface area contributed by atoms with Crippen molar-refractivity contribution >= 4 is 72.6 Å². The number of nitrogens with zero attached hydrogens (tertiary/aromatic N) is 2. The molecule has 0 aliphatic heterocycles. The maximum atomic E-state index is 12.5. The van der Waals surface area contributed by atoms with E-state index in [4.69, 9.17) is 17.3 Å². The number of rotatable bonds is 5. The Labute approximate surface area is 193 Å². The van der Waals surface area contributed by atoms with Crippen LogP contribution >= 0.6 is 55.2 Å². The van der Waals surface area contributed by atoms with Crippen LogP contribution in [0.4, 0.5) is 11.5 Å². The van der Waals surface area contributed by atoms with Crippen LogP contribution in [0.15, 0.2) is 61.4 Å². The van der Waals surface area contributed by atoms with Crippen LogP contribution in [0.3, 0.4) is 0 Å². The number of thioether (sulfide) groups is 1. The van der Waals surface area contributed by atoms with E-state index in [1.165, 1.54) is 6.07 Å². The fraction of sp³-hybridized carbons (Fsp3) is 0.105. The number of hydrogen-bond donors (Lipinski definition) is 2. The predicted octanol–water partition coefficient (Wildman–Crippen LogP) is 5.03. The maximum Gasteiger partial charge on any atom is 0.275 e. The number of benzene rings is 2. The molecule has 0 saturated carbocycles. The summed E-state index contributed by atoms with van der Waals surface area (Å²) < 4.78 is 3.28. The molecule has 6 nitrogen and oxygen atoms in total. The number of carbonyl (C=O) groups excluding carboxylic acids is 1. The van der Waals surface area contributed by atoms with Crippen molar-refractivity contribution in [1.29, 1.82) is 0 Å². The van der Waals surface area contributed by atoms with Gasteiger partial charge in [0.05, 0.1) is 11.4 Å². The topological polar surface area (TPSA) is 90.0 Å². The highest BCUT2D eigenvalue weighted by atomic mass is 79.9. The van der Waals surface area contributed by atoms with Crippen molar-refractivity contribution in [3.05, 3.63) is 72.3 Å². The van der Waals surface area contributed by atoms with E-state index < -0.39 is 5.56 Å². The third-order valence-electron chi connectivity index (χ3n) is 3.86. The van der Waals surface area contributed by atoms with E-state index in [9.17, 15) is 9.59 Å². The Balaban J connectivity index is 1.83. The maximum absolute atomic E-state index is 12.5. The van der Waals surface area contributed by atoms with E-state index in [2.05, 4.69) is 42.2 Å². The summed E-state index contributed by atoms with van der Waals surface area (Å²) in [6, 6.07) is 11.9. The number of amides is 1. The van der Waals surface area contributed by atoms with Crippen LogP contribution in [-0.4, -0.2) is 21.2 Å². The molecule has 150 valence electrons. The van der Waals surface area contributed by atoms with Crippen LogP contribution < -0.4 is 16.6 Å². The number of hydrogen-bond acceptors (Lipinski definition) is 5. The average molecular weight is 559 g/mol. The summed E-state index contributed by atoms with van der Waals surface area (Å²) in [5, 5.41) is 3.77. The summed E-state index contributed by atoms with van der Waals surface area (Å²) >= 11 is 13.9. The van der Waals surface area contributed by atoms with E-state index in [0.29, 0.717) is 21.6 Å². The highest BCUT2D eigenvalue weighted by molar-refractivity contribution is 9.11. The van der Waals surface area contributed by atoms with Crippen LogP contribution in [-0.2, 0) is 4.79 Å². The Hall–Kier alpha value is -1.81. The monoisotopic (exact) mass is 556 g/mol. The molecule has 1 aromatic heterocycles. The Kier molecular flexibility index (Phi) is 7.05. The van der Waals surface area contributed by atoms with Gasteiger partial charge in [-0.25, -0.2) is 0 Å². The second-order valence-corrected chi connectivity index (χ2v) is 9.18. The quantitative estimate of drug-likeness (QED) is 0.339. The first-order chi connectivity index (χ1) is 13.7. The number of anilines is 2. The molecule has 0 unspecified atom stereocenters. The minimum atomic E-state index is -0.470. The predicted molar refractivity (Wildman–Crippen MR) is 125 cm³/mol. The lowest BCUT2D eigenvalue weighted by Gasteiger charge is -2.15. The van der Waals surface area contributed by atoms with Crippen molar-refractivity contribution in [1.82, 2.24) is 9.55 Å². The van der Waals surface area contributed by atoms with Crippen molar-refractivity contribution in [2.24, 2.45) is 0 Å². The summed E-state index contributed by atoms with van der Waals surface area (Å²) in [7, 11) is 0. The lowest BCUT2D eigenvalue weighted by molar-refractivity contribution is -0.113. The van der Waals surface area contributed by atoms with Crippen LogP contribution in [0.25, 0.3) is 5.69 Å². The fourth-order valence-corrected chi connectivity index (χ4v) is 5.08. The molecule has 3 aromatic rings. The molecule has 29 heavy (non-hydrogen) atoms. The zero-order valence-electron chi connectivity index (χ0n) is 15.1. The summed E-state index contributed by atoms with van der Waals surface area (Å²) in [6.45, 7) is 1.90. The zero-order valence-corrected chi connectivity index (χ0v) is 19.8. The molecule has 0 aliphatic rings. The van der Waals surface area contributed by atoms with Gasteiger partial charge >= 0.3 is 0 Å². The molecule has 0 saturated heterocycles. The third kappa shape index (κ3) is 5.42. The van der Waals surface area contributed by atoms with E-state index >= 15 is 0 Å². The van der Waals surface area contributed by atoms with Crippen LogP contribution in [0.5, 0.6) is 0 Å². The third-order valence-corrected chi connectivity index (χ3v) is 6.13. The molecular weight excluding hydrogens is 544 g/mol. The lowest BCUT2D eigenvalue weighted by atomic mass is 10.2. The van der Waals surface area contributed by atoms with Crippen molar-refractivity contribution in [3.63, 3.8) is 0 Å². The molecule has 0 bridgehead atoms. The molecule has 0 fully saturated rings. The van der Waals surface area contributed by atoms with Gasteiger partial charge in [0.1, 0.15) is 5.82 Å². The van der Waals surface area contributed by atoms with Gasteiger partial charge in [0.25, 0.3) is 5.56 Å². The van der Waals surface area contributed by atoms with E-state index in [-0.39, 0.29) is 17.5 Å². The van der Waals surface area contributed by atoms with Gasteiger partial charge in [0.2, 0.25) is 5.91 Å². The van der Waals surface area contributed by atoms with Crippen LogP contribution in [0.2, 0.25) is 5.02 Å². The second-order valence-electron chi connectivity index (χ2n) is 6.03. The molecule has 3 N–H and O–H groups in total. The number of nitrogens with one attached hydrogen (secondary N) is 1. The van der Waals surface area contributed by atoms with Gasteiger partial charge in [-0.15, -0.1) is 0 Å². The zero-order chi connectivity index (χ0) is 21.1.